The van der Waals surface area contributed by atoms with E-state index in [4.69, 9.17) is 24.4 Å². The fourth-order valence-electron chi connectivity index (χ4n) is 1.81. The number of rotatable bonds is 9. The summed E-state index contributed by atoms with van der Waals surface area (Å²) in [5, 5.41) is 9.01. The zero-order chi connectivity index (χ0) is 16.5. The van der Waals surface area contributed by atoms with E-state index >= 15 is 0 Å². The van der Waals surface area contributed by atoms with Crippen LogP contribution >= 0.6 is 0 Å². The van der Waals surface area contributed by atoms with Gasteiger partial charge in [0.15, 0.2) is 5.75 Å². The number of carbonyl (C=O) groups is 1. The van der Waals surface area contributed by atoms with Crippen LogP contribution in [-0.2, 0) is 4.89 Å². The van der Waals surface area contributed by atoms with Crippen LogP contribution < -0.4 is 14.4 Å². The SMILES string of the molecule is CCOc1ccc(OCCOOc2ccccc2C(=O)O)cc1. The highest BCUT2D eigenvalue weighted by molar-refractivity contribution is 5.90. The molecule has 1 N–H and O–H groups in total. The van der Waals surface area contributed by atoms with Gasteiger partial charge in [-0.1, -0.05) is 12.1 Å². The van der Waals surface area contributed by atoms with Crippen molar-refractivity contribution in [2.75, 3.05) is 19.8 Å². The van der Waals surface area contributed by atoms with Crippen LogP contribution in [0.15, 0.2) is 48.5 Å². The predicted molar refractivity (Wildman–Crippen MR) is 83.1 cm³/mol. The maximum absolute atomic E-state index is 11.0. The van der Waals surface area contributed by atoms with Gasteiger partial charge in [-0.2, -0.15) is 4.89 Å². The van der Waals surface area contributed by atoms with Crippen molar-refractivity contribution in [3.63, 3.8) is 0 Å². The van der Waals surface area contributed by atoms with Gasteiger partial charge in [0.25, 0.3) is 0 Å². The van der Waals surface area contributed by atoms with Crippen LogP contribution in [0.3, 0.4) is 0 Å². The smallest absolute Gasteiger partial charge is 0.339 e. The molecule has 2 rings (SSSR count). The van der Waals surface area contributed by atoms with Crippen LogP contribution in [0.5, 0.6) is 17.2 Å². The lowest BCUT2D eigenvalue weighted by Gasteiger charge is -2.09. The Morgan fingerprint density at radius 1 is 0.957 bits per heavy atom. The number of carboxylic acids is 1. The normalized spacial score (nSPS) is 10.1. The van der Waals surface area contributed by atoms with Crippen LogP contribution in [0.1, 0.15) is 17.3 Å². The third-order valence-corrected chi connectivity index (χ3v) is 2.84. The Hall–Kier alpha value is -2.73. The molecular weight excluding hydrogens is 300 g/mol. The number of aromatic carboxylic acids is 1. The molecule has 0 amide bonds. The van der Waals surface area contributed by atoms with Gasteiger partial charge in [0.1, 0.15) is 30.3 Å². The Kier molecular flexibility index (Phi) is 6.26. The zero-order valence-corrected chi connectivity index (χ0v) is 12.7. The highest BCUT2D eigenvalue weighted by Gasteiger charge is 2.10. The summed E-state index contributed by atoms with van der Waals surface area (Å²) in [6.07, 6.45) is 0. The fraction of sp³-hybridized carbons (Fsp3) is 0.235. The molecule has 6 heteroatoms. The van der Waals surface area contributed by atoms with Crippen LogP contribution in [0.2, 0.25) is 0 Å². The molecule has 122 valence electrons. The van der Waals surface area contributed by atoms with Gasteiger partial charge in [-0.15, -0.1) is 0 Å². The molecule has 6 nitrogen and oxygen atoms in total. The minimum Gasteiger partial charge on any atom is -0.494 e. The number of hydrogen-bond acceptors (Lipinski definition) is 5. The van der Waals surface area contributed by atoms with Gasteiger partial charge in [-0.05, 0) is 43.3 Å². The average molecular weight is 318 g/mol. The molecule has 0 fully saturated rings. The van der Waals surface area contributed by atoms with E-state index in [1.807, 2.05) is 19.1 Å². The molecule has 0 heterocycles. The molecule has 2 aromatic rings. The summed E-state index contributed by atoms with van der Waals surface area (Å²) >= 11 is 0. The second kappa shape index (κ2) is 8.65. The van der Waals surface area contributed by atoms with Crippen molar-refractivity contribution in [2.24, 2.45) is 0 Å². The lowest BCUT2D eigenvalue weighted by Crippen LogP contribution is -2.10. The molecule has 0 unspecified atom stereocenters. The van der Waals surface area contributed by atoms with E-state index in [1.165, 1.54) is 12.1 Å². The Bertz CT molecular complexity index is 623. The van der Waals surface area contributed by atoms with Crippen LogP contribution in [0.25, 0.3) is 0 Å². The second-order valence-corrected chi connectivity index (χ2v) is 4.46. The summed E-state index contributed by atoms with van der Waals surface area (Å²) in [6.45, 7) is 2.96. The Morgan fingerprint density at radius 3 is 2.26 bits per heavy atom. The number of carboxylic acid groups (broad SMARTS) is 1. The van der Waals surface area contributed by atoms with Crippen LogP contribution in [0, 0.1) is 0 Å². The molecule has 0 aromatic heterocycles. The van der Waals surface area contributed by atoms with E-state index in [-0.39, 0.29) is 24.5 Å². The van der Waals surface area contributed by atoms with Gasteiger partial charge >= 0.3 is 5.97 Å². The highest BCUT2D eigenvalue weighted by atomic mass is 17.2. The predicted octanol–water partition coefficient (Wildman–Crippen LogP) is 3.17. The summed E-state index contributed by atoms with van der Waals surface area (Å²) in [5.74, 6) is 0.545. The molecule has 0 aliphatic rings. The number of ether oxygens (including phenoxy) is 2. The maximum atomic E-state index is 11.0. The molecule has 0 bridgehead atoms. The molecule has 0 spiro atoms. The van der Waals surface area contributed by atoms with Crippen molar-refractivity contribution in [2.45, 2.75) is 6.92 Å². The van der Waals surface area contributed by atoms with Crippen molar-refractivity contribution in [3.8, 4) is 17.2 Å². The largest absolute Gasteiger partial charge is 0.494 e. The number of hydrogen-bond donors (Lipinski definition) is 1. The third-order valence-electron chi connectivity index (χ3n) is 2.84. The van der Waals surface area contributed by atoms with Crippen molar-refractivity contribution in [3.05, 3.63) is 54.1 Å². The molecule has 0 aliphatic heterocycles. The number of benzene rings is 2. The Labute approximate surface area is 134 Å². The molecule has 0 saturated carbocycles. The quantitative estimate of drug-likeness (QED) is 0.435. The van der Waals surface area contributed by atoms with Crippen molar-refractivity contribution in [1.29, 1.82) is 0 Å². The molecule has 0 aliphatic carbocycles. The average Bonchev–Trinajstić information content (AvgIpc) is 2.56. The van der Waals surface area contributed by atoms with Gasteiger partial charge in [0.2, 0.25) is 0 Å². The Balaban J connectivity index is 1.73. The van der Waals surface area contributed by atoms with E-state index < -0.39 is 5.97 Å². The summed E-state index contributed by atoms with van der Waals surface area (Å²) in [4.78, 5) is 21.0. The van der Waals surface area contributed by atoms with E-state index in [0.717, 1.165) is 5.75 Å². The second-order valence-electron chi connectivity index (χ2n) is 4.46. The van der Waals surface area contributed by atoms with Crippen LogP contribution in [-0.4, -0.2) is 30.9 Å². The van der Waals surface area contributed by atoms with Crippen molar-refractivity contribution >= 4 is 5.97 Å². The molecule has 0 radical (unpaired) electrons. The first kappa shape index (κ1) is 16.6. The topological polar surface area (TPSA) is 74.2 Å². The monoisotopic (exact) mass is 318 g/mol. The summed E-state index contributed by atoms with van der Waals surface area (Å²) in [5.41, 5.74) is 0.0416. The third kappa shape index (κ3) is 5.19. The standard InChI is InChI=1S/C17H18O6/c1-2-20-13-7-9-14(10-8-13)21-11-12-22-23-16-6-4-3-5-15(16)17(18)19/h3-10H,2,11-12H2,1H3,(H,18,19). The van der Waals surface area contributed by atoms with Crippen molar-refractivity contribution < 1.29 is 29.1 Å². The molecule has 23 heavy (non-hydrogen) atoms. The molecule has 0 saturated heterocycles. The minimum absolute atomic E-state index is 0.0416. The van der Waals surface area contributed by atoms with Gasteiger partial charge in [-0.25, -0.2) is 4.79 Å². The molecule has 2 aromatic carbocycles. The lowest BCUT2D eigenvalue weighted by molar-refractivity contribution is -0.211. The summed E-state index contributed by atoms with van der Waals surface area (Å²) in [6, 6.07) is 13.5. The van der Waals surface area contributed by atoms with Gasteiger partial charge in [0, 0.05) is 0 Å². The first-order valence-electron chi connectivity index (χ1n) is 7.18. The van der Waals surface area contributed by atoms with E-state index in [9.17, 15) is 4.79 Å². The number of para-hydroxylation sites is 1. The minimum atomic E-state index is -1.07. The fourth-order valence-corrected chi connectivity index (χ4v) is 1.81. The first-order chi connectivity index (χ1) is 11.2. The maximum Gasteiger partial charge on any atom is 0.339 e. The Morgan fingerprint density at radius 2 is 1.61 bits per heavy atom. The van der Waals surface area contributed by atoms with Gasteiger partial charge in [-0.3, -0.25) is 0 Å². The molecule has 0 atom stereocenters. The summed E-state index contributed by atoms with van der Waals surface area (Å²) in [7, 11) is 0. The van der Waals surface area contributed by atoms with Gasteiger partial charge in [0.05, 0.1) is 6.61 Å². The van der Waals surface area contributed by atoms with E-state index in [2.05, 4.69) is 0 Å². The van der Waals surface area contributed by atoms with Crippen LogP contribution in [0.4, 0.5) is 0 Å². The van der Waals surface area contributed by atoms with E-state index in [0.29, 0.717) is 12.4 Å². The van der Waals surface area contributed by atoms with E-state index in [1.54, 1.807) is 24.3 Å². The molecular formula is C17H18O6. The van der Waals surface area contributed by atoms with Crippen molar-refractivity contribution in [1.82, 2.24) is 0 Å². The zero-order valence-electron chi connectivity index (χ0n) is 12.7. The van der Waals surface area contributed by atoms with Gasteiger partial charge < -0.3 is 19.5 Å². The lowest BCUT2D eigenvalue weighted by atomic mass is 10.2. The first-order valence-corrected chi connectivity index (χ1v) is 7.18. The summed E-state index contributed by atoms with van der Waals surface area (Å²) < 4.78 is 10.8. The highest BCUT2D eigenvalue weighted by Crippen LogP contribution is 2.19.